The first-order valence-corrected chi connectivity index (χ1v) is 8.09. The van der Waals surface area contributed by atoms with Gasteiger partial charge in [0.05, 0.1) is 24.1 Å². The number of nitrogens with one attached hydrogen (secondary N) is 1. The Morgan fingerprint density at radius 2 is 2.32 bits per heavy atom. The van der Waals surface area contributed by atoms with E-state index >= 15 is 0 Å². The lowest BCUT2D eigenvalue weighted by Gasteiger charge is -2.14. The third-order valence-electron chi connectivity index (χ3n) is 3.32. The summed E-state index contributed by atoms with van der Waals surface area (Å²) in [7, 11) is 0. The average molecular weight is 314 g/mol. The Balaban J connectivity index is 2.13. The fourth-order valence-electron chi connectivity index (χ4n) is 1.97. The second-order valence-corrected chi connectivity index (χ2v) is 5.90. The highest BCUT2D eigenvalue weighted by Gasteiger charge is 2.12. The van der Waals surface area contributed by atoms with Crippen molar-refractivity contribution in [2.45, 2.75) is 31.2 Å². The molecule has 6 heteroatoms. The van der Waals surface area contributed by atoms with E-state index in [1.165, 1.54) is 11.8 Å². The molecule has 0 aliphatic rings. The number of anilines is 1. The van der Waals surface area contributed by atoms with Crippen LogP contribution in [0.2, 0.25) is 0 Å². The van der Waals surface area contributed by atoms with E-state index in [4.69, 9.17) is 5.26 Å². The van der Waals surface area contributed by atoms with Crippen molar-refractivity contribution < 1.29 is 4.79 Å². The Labute approximate surface area is 134 Å². The molecule has 0 aliphatic carbocycles. The first kappa shape index (κ1) is 16.1. The van der Waals surface area contributed by atoms with Crippen LogP contribution >= 0.6 is 11.8 Å². The number of nitrogens with zero attached hydrogens (tertiary/aromatic N) is 3. The molecule has 2 aromatic rings. The average Bonchev–Trinajstić information content (AvgIpc) is 3.00. The normalized spacial score (nSPS) is 11.7. The fourth-order valence-corrected chi connectivity index (χ4v) is 2.58. The summed E-state index contributed by atoms with van der Waals surface area (Å²) in [5.41, 5.74) is 0.569. The third kappa shape index (κ3) is 3.89. The number of carbonyl (C=O) groups is 1. The van der Waals surface area contributed by atoms with Gasteiger partial charge in [0.2, 0.25) is 0 Å². The van der Waals surface area contributed by atoms with Crippen LogP contribution in [0.1, 0.15) is 36.7 Å². The van der Waals surface area contributed by atoms with Gasteiger partial charge in [-0.15, -0.1) is 11.8 Å². The molecule has 114 valence electrons. The first-order chi connectivity index (χ1) is 10.7. The van der Waals surface area contributed by atoms with E-state index in [-0.39, 0.29) is 11.9 Å². The van der Waals surface area contributed by atoms with Gasteiger partial charge in [0, 0.05) is 16.5 Å². The van der Waals surface area contributed by atoms with Crippen LogP contribution in [0.5, 0.6) is 0 Å². The maximum atomic E-state index is 12.4. The number of hydrogen-bond donors (Lipinski definition) is 1. The molecule has 1 atom stereocenters. The molecule has 0 unspecified atom stereocenters. The lowest BCUT2D eigenvalue weighted by atomic mass is 10.2. The van der Waals surface area contributed by atoms with Gasteiger partial charge < -0.3 is 5.32 Å². The van der Waals surface area contributed by atoms with Gasteiger partial charge in [-0.25, -0.2) is 4.68 Å². The molecule has 1 heterocycles. The van der Waals surface area contributed by atoms with Crippen molar-refractivity contribution in [2.75, 3.05) is 11.1 Å². The van der Waals surface area contributed by atoms with Crippen molar-refractivity contribution in [1.82, 2.24) is 9.78 Å². The highest BCUT2D eigenvalue weighted by Crippen LogP contribution is 2.20. The zero-order chi connectivity index (χ0) is 15.9. The summed E-state index contributed by atoms with van der Waals surface area (Å²) >= 11 is 1.41. The molecule has 0 bridgehead atoms. The summed E-state index contributed by atoms with van der Waals surface area (Å²) in [6.07, 6.45) is 2.62. The van der Waals surface area contributed by atoms with Crippen LogP contribution in [0.25, 0.3) is 0 Å². The molecule has 2 rings (SSSR count). The first-order valence-electron chi connectivity index (χ1n) is 7.10. The third-order valence-corrected chi connectivity index (χ3v) is 4.18. The highest BCUT2D eigenvalue weighted by atomic mass is 32.2. The van der Waals surface area contributed by atoms with Crippen molar-refractivity contribution in [3.05, 3.63) is 42.1 Å². The molecule has 0 aliphatic heterocycles. The van der Waals surface area contributed by atoms with E-state index < -0.39 is 0 Å². The summed E-state index contributed by atoms with van der Waals surface area (Å²) in [5, 5.41) is 15.8. The summed E-state index contributed by atoms with van der Waals surface area (Å²) in [6, 6.07) is 11.4. The van der Waals surface area contributed by atoms with Gasteiger partial charge in [-0.05, 0) is 31.5 Å². The Kier molecular flexibility index (Phi) is 5.61. The fraction of sp³-hybridized carbons (Fsp3) is 0.312. The van der Waals surface area contributed by atoms with E-state index in [0.29, 0.717) is 17.1 Å². The van der Waals surface area contributed by atoms with Gasteiger partial charge >= 0.3 is 0 Å². The highest BCUT2D eigenvalue weighted by molar-refractivity contribution is 7.99. The number of hydrogen-bond acceptors (Lipinski definition) is 4. The molecular formula is C16H18N4OS. The van der Waals surface area contributed by atoms with Gasteiger partial charge in [-0.3, -0.25) is 4.79 Å². The predicted octanol–water partition coefficient (Wildman–Crippen LogP) is 3.72. The molecule has 1 aromatic heterocycles. The molecule has 0 spiro atoms. The van der Waals surface area contributed by atoms with Crippen molar-refractivity contribution in [3.8, 4) is 6.07 Å². The quantitative estimate of drug-likeness (QED) is 0.825. The largest absolute Gasteiger partial charge is 0.307 e. The van der Waals surface area contributed by atoms with Crippen LogP contribution in [0.3, 0.4) is 0 Å². The van der Waals surface area contributed by atoms with E-state index in [2.05, 4.69) is 30.3 Å². The van der Waals surface area contributed by atoms with Crippen LogP contribution in [-0.2, 0) is 0 Å². The van der Waals surface area contributed by atoms with Gasteiger partial charge in [-0.2, -0.15) is 10.4 Å². The Morgan fingerprint density at radius 3 is 3.05 bits per heavy atom. The van der Waals surface area contributed by atoms with Crippen molar-refractivity contribution in [3.63, 3.8) is 0 Å². The van der Waals surface area contributed by atoms with Crippen LogP contribution in [0.15, 0.2) is 41.4 Å². The van der Waals surface area contributed by atoms with E-state index in [9.17, 15) is 4.79 Å². The smallest absolute Gasteiger partial charge is 0.256 e. The maximum Gasteiger partial charge on any atom is 0.256 e. The molecule has 1 aromatic carbocycles. The lowest BCUT2D eigenvalue weighted by molar-refractivity contribution is 0.102. The maximum absolute atomic E-state index is 12.4. The van der Waals surface area contributed by atoms with Crippen LogP contribution in [0.4, 0.5) is 5.82 Å². The number of thioether (sulfide) groups is 1. The van der Waals surface area contributed by atoms with Crippen LogP contribution < -0.4 is 5.32 Å². The molecule has 0 fully saturated rings. The summed E-state index contributed by atoms with van der Waals surface area (Å²) in [5.74, 6) is 0.880. The van der Waals surface area contributed by atoms with Gasteiger partial charge in [0.25, 0.3) is 5.91 Å². The second kappa shape index (κ2) is 7.66. The van der Waals surface area contributed by atoms with Gasteiger partial charge in [0.1, 0.15) is 5.82 Å². The lowest BCUT2D eigenvalue weighted by Crippen LogP contribution is -2.17. The molecule has 0 radical (unpaired) electrons. The zero-order valence-corrected chi connectivity index (χ0v) is 13.4. The number of aromatic nitrogens is 2. The van der Waals surface area contributed by atoms with Crippen molar-refractivity contribution in [2.24, 2.45) is 0 Å². The standard InChI is InChI=1S/C16H18N4OS/c1-3-12(2)20-15(7-9-18-20)19-16(21)13-5-4-6-14(11-13)22-10-8-17/h4-7,9,11-12H,3,10H2,1-2H3,(H,19,21)/t12-/m1/s1. The molecule has 22 heavy (non-hydrogen) atoms. The summed E-state index contributed by atoms with van der Waals surface area (Å²) in [6.45, 7) is 4.13. The molecular weight excluding hydrogens is 296 g/mol. The Morgan fingerprint density at radius 1 is 1.50 bits per heavy atom. The van der Waals surface area contributed by atoms with Crippen molar-refractivity contribution >= 4 is 23.5 Å². The minimum absolute atomic E-state index is 0.176. The van der Waals surface area contributed by atoms with Gasteiger partial charge in [0.15, 0.2) is 0 Å². The predicted molar refractivity (Wildman–Crippen MR) is 88.0 cm³/mol. The zero-order valence-electron chi connectivity index (χ0n) is 12.6. The molecule has 1 N–H and O–H groups in total. The molecule has 5 nitrogen and oxygen atoms in total. The monoisotopic (exact) mass is 314 g/mol. The number of benzene rings is 1. The number of amides is 1. The summed E-state index contributed by atoms with van der Waals surface area (Å²) < 4.78 is 1.81. The minimum atomic E-state index is -0.176. The van der Waals surface area contributed by atoms with E-state index in [1.807, 2.05) is 16.8 Å². The van der Waals surface area contributed by atoms with E-state index in [1.54, 1.807) is 24.4 Å². The Bertz CT molecular complexity index is 689. The molecule has 0 saturated carbocycles. The Hall–Kier alpha value is -2.26. The number of carbonyl (C=O) groups excluding carboxylic acids is 1. The molecule has 1 amide bonds. The number of nitriles is 1. The summed E-state index contributed by atoms with van der Waals surface area (Å²) in [4.78, 5) is 13.3. The second-order valence-electron chi connectivity index (χ2n) is 4.85. The SMILES string of the molecule is CC[C@@H](C)n1nccc1NC(=O)c1cccc(SCC#N)c1. The van der Waals surface area contributed by atoms with E-state index in [0.717, 1.165) is 11.3 Å². The minimum Gasteiger partial charge on any atom is -0.307 e. The molecule has 0 saturated heterocycles. The van der Waals surface area contributed by atoms with Crippen LogP contribution in [0, 0.1) is 11.3 Å². The topological polar surface area (TPSA) is 70.7 Å². The van der Waals surface area contributed by atoms with Crippen molar-refractivity contribution in [1.29, 1.82) is 5.26 Å². The van der Waals surface area contributed by atoms with Crippen LogP contribution in [-0.4, -0.2) is 21.4 Å². The van der Waals surface area contributed by atoms with Gasteiger partial charge in [-0.1, -0.05) is 13.0 Å². The number of rotatable bonds is 6.